The molecule has 0 bridgehead atoms. The average Bonchev–Trinajstić information content (AvgIpc) is 3.45. The summed E-state index contributed by atoms with van der Waals surface area (Å²) in [4.78, 5) is 21.0. The minimum absolute atomic E-state index is 0.122. The Morgan fingerprint density at radius 2 is 2.06 bits per heavy atom. The van der Waals surface area contributed by atoms with Crippen molar-refractivity contribution in [2.24, 2.45) is 0 Å². The predicted molar refractivity (Wildman–Crippen MR) is 110 cm³/mol. The highest BCUT2D eigenvalue weighted by atomic mass is 16.5. The number of esters is 1. The van der Waals surface area contributed by atoms with Crippen LogP contribution in [0.2, 0.25) is 0 Å². The number of tetrazole rings is 1. The Kier molecular flexibility index (Phi) is 5.41. The second kappa shape index (κ2) is 8.35. The predicted octanol–water partition coefficient (Wildman–Crippen LogP) is 0.597. The summed E-state index contributed by atoms with van der Waals surface area (Å²) in [6.07, 6.45) is 6.39. The van der Waals surface area contributed by atoms with Gasteiger partial charge in [-0.3, -0.25) is 0 Å². The minimum Gasteiger partial charge on any atom is -0.456 e. The number of ether oxygens (including phenoxy) is 2. The van der Waals surface area contributed by atoms with Gasteiger partial charge in [0.1, 0.15) is 12.9 Å². The van der Waals surface area contributed by atoms with E-state index in [9.17, 15) is 4.79 Å². The molecule has 5 rings (SSSR count). The van der Waals surface area contributed by atoms with Gasteiger partial charge in [0.2, 0.25) is 0 Å². The van der Waals surface area contributed by atoms with Gasteiger partial charge in [-0.15, -0.1) is 5.10 Å². The summed E-state index contributed by atoms with van der Waals surface area (Å²) < 4.78 is 13.0. The van der Waals surface area contributed by atoms with Crippen molar-refractivity contribution in [2.45, 2.75) is 31.8 Å². The van der Waals surface area contributed by atoms with Gasteiger partial charge in [0.15, 0.2) is 5.82 Å². The van der Waals surface area contributed by atoms with E-state index in [1.54, 1.807) is 4.68 Å². The van der Waals surface area contributed by atoms with E-state index in [-0.39, 0.29) is 11.6 Å². The summed E-state index contributed by atoms with van der Waals surface area (Å²) in [7, 11) is 0. The fourth-order valence-electron chi connectivity index (χ4n) is 4.61. The molecule has 31 heavy (non-hydrogen) atoms. The molecule has 0 unspecified atom stereocenters. The number of hydrogen-bond donors (Lipinski definition) is 0. The Morgan fingerprint density at radius 1 is 1.19 bits per heavy atom. The Bertz CT molecular complexity index is 950. The van der Waals surface area contributed by atoms with E-state index in [1.165, 1.54) is 11.9 Å². The second-order valence-electron chi connectivity index (χ2n) is 8.47. The average molecular weight is 425 g/mol. The highest BCUT2D eigenvalue weighted by Crippen LogP contribution is 2.33. The summed E-state index contributed by atoms with van der Waals surface area (Å²) in [6, 6.07) is 4.02. The Morgan fingerprint density at radius 3 is 2.74 bits per heavy atom. The molecule has 2 aromatic heterocycles. The molecule has 2 aromatic rings. The molecule has 0 atom stereocenters. The van der Waals surface area contributed by atoms with Gasteiger partial charge in [-0.25, -0.2) is 9.78 Å². The molecule has 0 amide bonds. The van der Waals surface area contributed by atoms with Crippen molar-refractivity contribution in [1.82, 2.24) is 35.0 Å². The lowest BCUT2D eigenvalue weighted by molar-refractivity contribution is -0.136. The molecule has 5 heterocycles. The van der Waals surface area contributed by atoms with Crippen LogP contribution in [0.25, 0.3) is 5.82 Å². The zero-order valence-corrected chi connectivity index (χ0v) is 17.7. The van der Waals surface area contributed by atoms with E-state index >= 15 is 0 Å². The van der Waals surface area contributed by atoms with E-state index in [0.29, 0.717) is 19.0 Å². The van der Waals surface area contributed by atoms with Crippen LogP contribution in [0.15, 0.2) is 35.9 Å². The number of likely N-dealkylation sites (tertiary alicyclic amines) is 1. The van der Waals surface area contributed by atoms with Gasteiger partial charge in [-0.1, -0.05) is 6.07 Å². The van der Waals surface area contributed by atoms with Gasteiger partial charge >= 0.3 is 5.97 Å². The first-order valence-corrected chi connectivity index (χ1v) is 10.8. The molecular weight excluding hydrogens is 398 g/mol. The van der Waals surface area contributed by atoms with Crippen LogP contribution >= 0.6 is 0 Å². The number of carbonyl (C=O) groups excluding carboxylic acids is 1. The summed E-state index contributed by atoms with van der Waals surface area (Å²) in [6.45, 7) is 7.64. The molecule has 2 saturated heterocycles. The van der Waals surface area contributed by atoms with E-state index in [2.05, 4.69) is 36.4 Å². The van der Waals surface area contributed by atoms with Gasteiger partial charge in [0, 0.05) is 38.9 Å². The maximum absolute atomic E-state index is 11.7. The standard InChI is InChI=1S/C21H27N7O3/c1-16-18(13-30-20(16)29)27-10-11-31-21(14-27)5-8-26(9-6-21)7-4-17-2-3-19(22-12-17)28-15-23-24-25-28/h2-3,12,15H,4-11,13-14H2,1H3. The SMILES string of the molecule is CC1=C(N2CCOC3(CCN(CCc4ccc(-n5cnnn5)nc4)CC3)C2)COC1=O. The molecule has 3 aliphatic heterocycles. The zero-order valence-electron chi connectivity index (χ0n) is 17.7. The van der Waals surface area contributed by atoms with Crippen molar-refractivity contribution in [3.63, 3.8) is 0 Å². The van der Waals surface area contributed by atoms with Crippen LogP contribution in [-0.4, -0.2) is 92.5 Å². The van der Waals surface area contributed by atoms with Gasteiger partial charge in [0.05, 0.1) is 23.5 Å². The Hall–Kier alpha value is -2.85. The van der Waals surface area contributed by atoms with Gasteiger partial charge in [-0.05, 0) is 48.2 Å². The lowest BCUT2D eigenvalue weighted by atomic mass is 9.89. The minimum atomic E-state index is -0.189. The molecule has 3 aliphatic rings. The molecule has 10 heteroatoms. The second-order valence-corrected chi connectivity index (χ2v) is 8.47. The summed E-state index contributed by atoms with van der Waals surface area (Å²) in [5, 5.41) is 11.1. The molecule has 0 N–H and O–H groups in total. The molecular formula is C21H27N7O3. The number of carbonyl (C=O) groups is 1. The van der Waals surface area contributed by atoms with Gasteiger partial charge in [-0.2, -0.15) is 4.68 Å². The lowest BCUT2D eigenvalue weighted by Crippen LogP contribution is -2.56. The monoisotopic (exact) mass is 425 g/mol. The number of cyclic esters (lactones) is 1. The van der Waals surface area contributed by atoms with Crippen LogP contribution < -0.4 is 0 Å². The first kappa shape index (κ1) is 20.1. The molecule has 2 fully saturated rings. The maximum Gasteiger partial charge on any atom is 0.335 e. The van der Waals surface area contributed by atoms with E-state index < -0.39 is 0 Å². The molecule has 0 radical (unpaired) electrons. The van der Waals surface area contributed by atoms with Crippen LogP contribution in [0.3, 0.4) is 0 Å². The van der Waals surface area contributed by atoms with E-state index in [1.807, 2.05) is 19.2 Å². The maximum atomic E-state index is 11.7. The van der Waals surface area contributed by atoms with Crippen LogP contribution in [-0.2, 0) is 20.7 Å². The lowest BCUT2D eigenvalue weighted by Gasteiger charge is -2.48. The smallest absolute Gasteiger partial charge is 0.335 e. The number of nitrogens with zero attached hydrogens (tertiary/aromatic N) is 7. The van der Waals surface area contributed by atoms with Gasteiger partial charge < -0.3 is 19.3 Å². The first-order chi connectivity index (χ1) is 15.1. The van der Waals surface area contributed by atoms with Crippen molar-refractivity contribution in [1.29, 1.82) is 0 Å². The summed E-state index contributed by atoms with van der Waals surface area (Å²) in [5.74, 6) is 0.526. The number of piperidine rings is 1. The first-order valence-electron chi connectivity index (χ1n) is 10.8. The van der Waals surface area contributed by atoms with Crippen molar-refractivity contribution in [3.8, 4) is 5.82 Å². The molecule has 0 aliphatic carbocycles. The van der Waals surface area contributed by atoms with Crippen LogP contribution in [0.1, 0.15) is 25.3 Å². The van der Waals surface area contributed by atoms with Crippen molar-refractivity contribution in [3.05, 3.63) is 41.5 Å². The van der Waals surface area contributed by atoms with E-state index in [4.69, 9.17) is 9.47 Å². The number of pyridine rings is 1. The Balaban J connectivity index is 1.13. The van der Waals surface area contributed by atoms with Crippen molar-refractivity contribution >= 4 is 5.97 Å². The Labute approximate surface area is 180 Å². The van der Waals surface area contributed by atoms with E-state index in [0.717, 1.165) is 63.3 Å². The summed E-state index contributed by atoms with van der Waals surface area (Å²) in [5.41, 5.74) is 2.86. The van der Waals surface area contributed by atoms with Crippen molar-refractivity contribution in [2.75, 3.05) is 45.9 Å². The fourth-order valence-corrected chi connectivity index (χ4v) is 4.61. The highest BCUT2D eigenvalue weighted by molar-refractivity contribution is 5.90. The largest absolute Gasteiger partial charge is 0.456 e. The van der Waals surface area contributed by atoms with Crippen molar-refractivity contribution < 1.29 is 14.3 Å². The number of aromatic nitrogens is 5. The number of morpholine rings is 1. The van der Waals surface area contributed by atoms with Gasteiger partial charge in [0.25, 0.3) is 0 Å². The number of hydrogen-bond acceptors (Lipinski definition) is 9. The highest BCUT2D eigenvalue weighted by Gasteiger charge is 2.41. The molecule has 0 aromatic carbocycles. The fraction of sp³-hybridized carbons (Fsp3) is 0.571. The molecule has 164 valence electrons. The zero-order chi connectivity index (χ0) is 21.3. The quantitative estimate of drug-likeness (QED) is 0.638. The third-order valence-electron chi connectivity index (χ3n) is 6.59. The normalized spacial score (nSPS) is 21.7. The van der Waals surface area contributed by atoms with Crippen LogP contribution in [0.4, 0.5) is 0 Å². The van der Waals surface area contributed by atoms with Crippen LogP contribution in [0.5, 0.6) is 0 Å². The molecule has 10 nitrogen and oxygen atoms in total. The van der Waals surface area contributed by atoms with Crippen LogP contribution in [0, 0.1) is 0 Å². The molecule has 0 saturated carbocycles. The topological polar surface area (TPSA) is 98.5 Å². The molecule has 1 spiro atoms. The third-order valence-corrected chi connectivity index (χ3v) is 6.59. The number of rotatable bonds is 5. The summed E-state index contributed by atoms with van der Waals surface area (Å²) >= 11 is 0. The third kappa shape index (κ3) is 4.17.